The number of hydrogen-bond donors (Lipinski definition) is 2. The van der Waals surface area contributed by atoms with Crippen LogP contribution in [-0.2, 0) is 4.84 Å². The van der Waals surface area contributed by atoms with Crippen LogP contribution in [0, 0.1) is 5.92 Å². The fourth-order valence-corrected chi connectivity index (χ4v) is 1.42. The van der Waals surface area contributed by atoms with Gasteiger partial charge in [0.2, 0.25) is 0 Å². The molecule has 19 heavy (non-hydrogen) atoms. The number of benzene rings is 1. The molecule has 2 unspecified atom stereocenters. The lowest BCUT2D eigenvalue weighted by molar-refractivity contribution is 0.0916. The molecule has 104 valence electrons. The van der Waals surface area contributed by atoms with Crippen molar-refractivity contribution in [1.29, 1.82) is 0 Å². The Morgan fingerprint density at radius 1 is 1.42 bits per heavy atom. The van der Waals surface area contributed by atoms with Crippen LogP contribution in [-0.4, -0.2) is 37.0 Å². The lowest BCUT2D eigenvalue weighted by Gasteiger charge is -2.19. The average molecular weight is 264 g/mol. The zero-order chi connectivity index (χ0) is 14.3. The number of aliphatic hydroxyl groups is 1. The van der Waals surface area contributed by atoms with Crippen molar-refractivity contribution in [2.45, 2.75) is 19.9 Å². The van der Waals surface area contributed by atoms with Crippen LogP contribution < -0.4 is 5.32 Å². The highest BCUT2D eigenvalue weighted by Crippen LogP contribution is 2.06. The predicted octanol–water partition coefficient (Wildman–Crippen LogP) is 1.41. The van der Waals surface area contributed by atoms with Crippen molar-refractivity contribution >= 4 is 12.1 Å². The van der Waals surface area contributed by atoms with Gasteiger partial charge in [0.05, 0.1) is 6.21 Å². The maximum absolute atomic E-state index is 11.9. The molecule has 1 aromatic rings. The Balaban J connectivity index is 2.65. The first-order valence-electron chi connectivity index (χ1n) is 6.16. The number of hydrogen-bond acceptors (Lipinski definition) is 4. The molecular formula is C14H20N2O3. The van der Waals surface area contributed by atoms with Gasteiger partial charge in [0.25, 0.3) is 5.91 Å². The Morgan fingerprint density at radius 2 is 2.05 bits per heavy atom. The highest BCUT2D eigenvalue weighted by molar-refractivity contribution is 5.95. The number of nitrogens with zero attached hydrogens (tertiary/aromatic N) is 1. The van der Waals surface area contributed by atoms with E-state index in [2.05, 4.69) is 15.3 Å². The third-order valence-corrected chi connectivity index (χ3v) is 2.98. The monoisotopic (exact) mass is 264 g/mol. The van der Waals surface area contributed by atoms with E-state index in [0.29, 0.717) is 5.56 Å². The molecule has 0 bridgehead atoms. The number of carbonyl (C=O) groups excluding carboxylic acids is 1. The van der Waals surface area contributed by atoms with Gasteiger partial charge in [-0.25, -0.2) is 0 Å². The van der Waals surface area contributed by atoms with Crippen LogP contribution in [0.25, 0.3) is 0 Å². The van der Waals surface area contributed by atoms with E-state index in [1.807, 2.05) is 13.8 Å². The zero-order valence-corrected chi connectivity index (χ0v) is 11.5. The third-order valence-electron chi connectivity index (χ3n) is 2.98. The summed E-state index contributed by atoms with van der Waals surface area (Å²) in [6.45, 7) is 3.81. The number of carbonyl (C=O) groups is 1. The molecule has 5 nitrogen and oxygen atoms in total. The van der Waals surface area contributed by atoms with Gasteiger partial charge < -0.3 is 15.3 Å². The number of amides is 1. The van der Waals surface area contributed by atoms with Gasteiger partial charge in [-0.2, -0.15) is 0 Å². The van der Waals surface area contributed by atoms with Crippen molar-refractivity contribution in [1.82, 2.24) is 5.32 Å². The number of nitrogens with one attached hydrogen (secondary N) is 1. The topological polar surface area (TPSA) is 70.9 Å². The lowest BCUT2D eigenvalue weighted by atomic mass is 10.0. The summed E-state index contributed by atoms with van der Waals surface area (Å²) in [5.41, 5.74) is 1.43. The van der Waals surface area contributed by atoms with E-state index in [0.717, 1.165) is 5.56 Å². The van der Waals surface area contributed by atoms with E-state index in [1.54, 1.807) is 30.5 Å². The molecule has 1 aromatic carbocycles. The molecule has 1 rings (SSSR count). The van der Waals surface area contributed by atoms with E-state index in [-0.39, 0.29) is 24.5 Å². The normalized spacial score (nSPS) is 14.1. The fraction of sp³-hybridized carbons (Fsp3) is 0.429. The molecule has 0 aromatic heterocycles. The van der Waals surface area contributed by atoms with Crippen molar-refractivity contribution in [3.05, 3.63) is 35.4 Å². The van der Waals surface area contributed by atoms with Crippen LogP contribution >= 0.6 is 0 Å². The number of rotatable bonds is 6. The van der Waals surface area contributed by atoms with Gasteiger partial charge in [0.15, 0.2) is 0 Å². The van der Waals surface area contributed by atoms with Crippen molar-refractivity contribution in [2.24, 2.45) is 11.1 Å². The number of aliphatic hydroxyl groups excluding tert-OH is 1. The summed E-state index contributed by atoms with van der Waals surface area (Å²) in [6.07, 6.45) is 1.57. The molecule has 0 heterocycles. The predicted molar refractivity (Wildman–Crippen MR) is 74.2 cm³/mol. The SMILES string of the molecule is CO/N=C/c1ccc(C(=O)NC(C)C(C)CO)cc1. The molecule has 0 aliphatic heterocycles. The molecule has 0 aliphatic rings. The minimum Gasteiger partial charge on any atom is -0.399 e. The van der Waals surface area contributed by atoms with Gasteiger partial charge >= 0.3 is 0 Å². The lowest BCUT2D eigenvalue weighted by Crippen LogP contribution is -2.38. The molecule has 1 amide bonds. The first kappa shape index (κ1) is 15.2. The van der Waals surface area contributed by atoms with Gasteiger partial charge in [0, 0.05) is 18.2 Å². The second-order valence-electron chi connectivity index (χ2n) is 4.46. The van der Waals surface area contributed by atoms with E-state index >= 15 is 0 Å². The third kappa shape index (κ3) is 4.71. The Bertz CT molecular complexity index is 429. The summed E-state index contributed by atoms with van der Waals surface area (Å²) >= 11 is 0. The summed E-state index contributed by atoms with van der Waals surface area (Å²) in [4.78, 5) is 16.5. The van der Waals surface area contributed by atoms with Gasteiger partial charge in [-0.3, -0.25) is 4.79 Å². The minimum atomic E-state index is -0.150. The molecule has 2 atom stereocenters. The number of oxime groups is 1. The van der Waals surface area contributed by atoms with Crippen LogP contribution in [0.4, 0.5) is 0 Å². The molecule has 0 aliphatic carbocycles. The maximum Gasteiger partial charge on any atom is 0.251 e. The summed E-state index contributed by atoms with van der Waals surface area (Å²) in [7, 11) is 1.47. The smallest absolute Gasteiger partial charge is 0.251 e. The molecule has 5 heteroatoms. The second-order valence-corrected chi connectivity index (χ2v) is 4.46. The maximum atomic E-state index is 11.9. The van der Waals surface area contributed by atoms with Gasteiger partial charge in [0.1, 0.15) is 7.11 Å². The minimum absolute atomic E-state index is 0.0251. The Kier molecular flexibility index (Phi) is 6.02. The molecule has 0 saturated heterocycles. The Labute approximate surface area is 113 Å². The van der Waals surface area contributed by atoms with Crippen LogP contribution in [0.15, 0.2) is 29.4 Å². The Hall–Kier alpha value is -1.88. The fourth-order valence-electron chi connectivity index (χ4n) is 1.42. The van der Waals surface area contributed by atoms with E-state index < -0.39 is 0 Å². The van der Waals surface area contributed by atoms with Gasteiger partial charge in [-0.05, 0) is 30.5 Å². The van der Waals surface area contributed by atoms with Crippen molar-refractivity contribution < 1.29 is 14.7 Å². The summed E-state index contributed by atoms with van der Waals surface area (Å²) in [5, 5.41) is 15.5. The first-order chi connectivity index (χ1) is 9.08. The molecule has 0 spiro atoms. The highest BCUT2D eigenvalue weighted by atomic mass is 16.6. The average Bonchev–Trinajstić information content (AvgIpc) is 2.44. The van der Waals surface area contributed by atoms with Crippen molar-refractivity contribution in [3.8, 4) is 0 Å². The Morgan fingerprint density at radius 3 is 2.58 bits per heavy atom. The quantitative estimate of drug-likeness (QED) is 0.603. The largest absolute Gasteiger partial charge is 0.399 e. The van der Waals surface area contributed by atoms with Crippen LogP contribution in [0.1, 0.15) is 29.8 Å². The van der Waals surface area contributed by atoms with E-state index in [4.69, 9.17) is 5.11 Å². The molecule has 2 N–H and O–H groups in total. The molecule has 0 saturated carbocycles. The zero-order valence-electron chi connectivity index (χ0n) is 11.5. The summed E-state index contributed by atoms with van der Waals surface area (Å²) in [5.74, 6) is -0.125. The standard InChI is InChI=1S/C14H20N2O3/c1-10(9-17)11(2)16-14(18)13-6-4-12(5-7-13)8-15-19-3/h4-8,10-11,17H,9H2,1-3H3,(H,16,18)/b15-8+. The van der Waals surface area contributed by atoms with Gasteiger partial charge in [-0.1, -0.05) is 24.2 Å². The van der Waals surface area contributed by atoms with Crippen LogP contribution in [0.2, 0.25) is 0 Å². The second kappa shape index (κ2) is 7.53. The molecule has 0 radical (unpaired) electrons. The van der Waals surface area contributed by atoms with Crippen molar-refractivity contribution in [2.75, 3.05) is 13.7 Å². The van der Waals surface area contributed by atoms with E-state index in [9.17, 15) is 4.79 Å². The first-order valence-corrected chi connectivity index (χ1v) is 6.16. The molecule has 0 fully saturated rings. The molecular weight excluding hydrogens is 244 g/mol. The van der Waals surface area contributed by atoms with Crippen molar-refractivity contribution in [3.63, 3.8) is 0 Å². The van der Waals surface area contributed by atoms with Crippen LogP contribution in [0.5, 0.6) is 0 Å². The summed E-state index contributed by atoms with van der Waals surface area (Å²) in [6, 6.07) is 6.95. The van der Waals surface area contributed by atoms with Gasteiger partial charge in [-0.15, -0.1) is 0 Å². The summed E-state index contributed by atoms with van der Waals surface area (Å²) < 4.78 is 0. The van der Waals surface area contributed by atoms with E-state index in [1.165, 1.54) is 7.11 Å². The highest BCUT2D eigenvalue weighted by Gasteiger charge is 2.14. The van der Waals surface area contributed by atoms with Crippen LogP contribution in [0.3, 0.4) is 0 Å².